The van der Waals surface area contributed by atoms with E-state index in [0.29, 0.717) is 6.61 Å². The van der Waals surface area contributed by atoms with Crippen LogP contribution in [0.15, 0.2) is 41.2 Å². The predicted molar refractivity (Wildman–Crippen MR) is 125 cm³/mol. The maximum absolute atomic E-state index is 13.2. The highest BCUT2D eigenvalue weighted by Crippen LogP contribution is 2.36. The summed E-state index contributed by atoms with van der Waals surface area (Å²) in [5, 5.41) is 5.00. The molecule has 0 aliphatic rings. The summed E-state index contributed by atoms with van der Waals surface area (Å²) in [6.45, 7) is 10.9. The molecule has 0 radical (unpaired) electrons. The first-order valence-corrected chi connectivity index (χ1v) is 10.6. The van der Waals surface area contributed by atoms with E-state index in [9.17, 15) is 4.79 Å². The van der Waals surface area contributed by atoms with Gasteiger partial charge >= 0.3 is 0 Å². The fourth-order valence-corrected chi connectivity index (χ4v) is 4.41. The van der Waals surface area contributed by atoms with Crippen molar-refractivity contribution in [1.29, 1.82) is 0 Å². The van der Waals surface area contributed by atoms with Gasteiger partial charge in [0, 0.05) is 28.9 Å². The van der Waals surface area contributed by atoms with Gasteiger partial charge in [0.25, 0.3) is 0 Å². The summed E-state index contributed by atoms with van der Waals surface area (Å²) in [7, 11) is 0. The average molecular weight is 421 g/mol. The number of fused-ring (bicyclic) bond motifs is 2. The van der Waals surface area contributed by atoms with Gasteiger partial charge in [-0.1, -0.05) is 32.9 Å². The van der Waals surface area contributed by atoms with E-state index in [0.717, 1.165) is 64.2 Å². The van der Waals surface area contributed by atoms with E-state index < -0.39 is 0 Å². The standard InChI is InChI=1S/C22H28N2O2S.ClH/c1-4-15-26-18-12-11-17(23-13-14-24(5-2)6-3)20-21(25)16-9-7-8-10-19(16)27-22(18)20;/h7-12,23H,4-6,13-15H2,1-3H3;1H. The number of hydrogen-bond acceptors (Lipinski definition) is 5. The van der Waals surface area contributed by atoms with Crippen LogP contribution < -0.4 is 15.5 Å². The summed E-state index contributed by atoms with van der Waals surface area (Å²) in [5.74, 6) is 0.800. The zero-order valence-electron chi connectivity index (χ0n) is 16.8. The molecule has 0 bridgehead atoms. The van der Waals surface area contributed by atoms with Gasteiger partial charge in [0.05, 0.1) is 16.7 Å². The van der Waals surface area contributed by atoms with Crippen molar-refractivity contribution in [2.45, 2.75) is 27.2 Å². The Morgan fingerprint density at radius 1 is 1.07 bits per heavy atom. The molecule has 0 amide bonds. The second-order valence-corrected chi connectivity index (χ2v) is 7.60. The van der Waals surface area contributed by atoms with Gasteiger partial charge in [-0.25, -0.2) is 0 Å². The molecule has 0 aliphatic heterocycles. The number of ether oxygens (including phenoxy) is 1. The summed E-state index contributed by atoms with van der Waals surface area (Å²) in [6, 6.07) is 11.8. The minimum atomic E-state index is 0. The van der Waals surface area contributed by atoms with Crippen molar-refractivity contribution in [3.05, 3.63) is 46.6 Å². The Morgan fingerprint density at radius 2 is 1.82 bits per heavy atom. The van der Waals surface area contributed by atoms with Crippen LogP contribution in [0.4, 0.5) is 5.69 Å². The first-order chi connectivity index (χ1) is 13.2. The van der Waals surface area contributed by atoms with Crippen molar-refractivity contribution < 1.29 is 4.74 Å². The van der Waals surface area contributed by atoms with Crippen LogP contribution in [0.1, 0.15) is 27.2 Å². The van der Waals surface area contributed by atoms with E-state index in [1.165, 1.54) is 0 Å². The van der Waals surface area contributed by atoms with Crippen molar-refractivity contribution in [3.63, 3.8) is 0 Å². The lowest BCUT2D eigenvalue weighted by Gasteiger charge is -2.19. The molecule has 0 unspecified atom stereocenters. The number of hydrogen-bond donors (Lipinski definition) is 1. The Morgan fingerprint density at radius 3 is 2.54 bits per heavy atom. The maximum Gasteiger partial charge on any atom is 0.198 e. The van der Waals surface area contributed by atoms with Crippen LogP contribution in [0.5, 0.6) is 5.75 Å². The number of nitrogens with zero attached hydrogens (tertiary/aromatic N) is 1. The number of rotatable bonds is 9. The first kappa shape index (κ1) is 22.5. The Balaban J connectivity index is 0.00000280. The summed E-state index contributed by atoms with van der Waals surface area (Å²) in [5.41, 5.74) is 0.972. The summed E-state index contributed by atoms with van der Waals surface area (Å²) in [6.07, 6.45) is 0.938. The zero-order chi connectivity index (χ0) is 19.2. The summed E-state index contributed by atoms with van der Waals surface area (Å²) in [4.78, 5) is 15.6. The van der Waals surface area contributed by atoms with E-state index >= 15 is 0 Å². The highest BCUT2D eigenvalue weighted by atomic mass is 35.5. The monoisotopic (exact) mass is 420 g/mol. The minimum Gasteiger partial charge on any atom is -0.492 e. The molecule has 0 fully saturated rings. The first-order valence-electron chi connectivity index (χ1n) is 9.77. The van der Waals surface area contributed by atoms with Crippen LogP contribution >= 0.6 is 23.7 Å². The molecule has 2 aromatic carbocycles. The molecule has 1 heterocycles. The second-order valence-electron chi connectivity index (χ2n) is 6.54. The number of benzene rings is 2. The average Bonchev–Trinajstić information content (AvgIpc) is 2.70. The lowest BCUT2D eigenvalue weighted by atomic mass is 10.1. The number of halogens is 1. The normalized spacial score (nSPS) is 11.0. The molecule has 3 aromatic rings. The van der Waals surface area contributed by atoms with E-state index in [2.05, 4.69) is 31.0 Å². The van der Waals surface area contributed by atoms with E-state index in [1.807, 2.05) is 36.4 Å². The molecule has 0 saturated carbocycles. The molecule has 28 heavy (non-hydrogen) atoms. The molecule has 1 aromatic heterocycles. The van der Waals surface area contributed by atoms with Gasteiger partial charge in [-0.2, -0.15) is 0 Å². The van der Waals surface area contributed by atoms with Gasteiger partial charge in [-0.3, -0.25) is 4.79 Å². The third kappa shape index (κ3) is 4.77. The molecule has 6 heteroatoms. The summed E-state index contributed by atoms with van der Waals surface area (Å²) >= 11 is 1.63. The molecular formula is C22H29ClN2O2S. The van der Waals surface area contributed by atoms with Crippen LogP contribution in [0.3, 0.4) is 0 Å². The van der Waals surface area contributed by atoms with E-state index in [-0.39, 0.29) is 17.8 Å². The van der Waals surface area contributed by atoms with E-state index in [4.69, 9.17) is 4.74 Å². The third-order valence-corrected chi connectivity index (χ3v) is 5.98. The van der Waals surface area contributed by atoms with E-state index in [1.54, 1.807) is 11.3 Å². The molecule has 152 valence electrons. The second kappa shape index (κ2) is 10.6. The van der Waals surface area contributed by atoms with Gasteiger partial charge in [0.1, 0.15) is 5.75 Å². The highest BCUT2D eigenvalue weighted by Gasteiger charge is 2.14. The van der Waals surface area contributed by atoms with Crippen molar-refractivity contribution in [2.24, 2.45) is 0 Å². The number of likely N-dealkylation sites (N-methyl/N-ethyl adjacent to an activating group) is 1. The quantitative estimate of drug-likeness (QED) is 0.472. The fraction of sp³-hybridized carbons (Fsp3) is 0.409. The van der Waals surface area contributed by atoms with Gasteiger partial charge < -0.3 is 15.0 Å². The van der Waals surface area contributed by atoms with Gasteiger partial charge in [-0.15, -0.1) is 23.7 Å². The zero-order valence-corrected chi connectivity index (χ0v) is 18.4. The van der Waals surface area contributed by atoms with Gasteiger partial charge in [0.2, 0.25) is 0 Å². The fourth-order valence-electron chi connectivity index (χ4n) is 3.24. The SMILES string of the molecule is CCCOc1ccc(NCCN(CC)CC)c2c(=O)c3ccccc3sc12.Cl. The Labute approximate surface area is 176 Å². The van der Waals surface area contributed by atoms with Crippen LogP contribution in [0.25, 0.3) is 20.2 Å². The smallest absolute Gasteiger partial charge is 0.198 e. The number of anilines is 1. The highest BCUT2D eigenvalue weighted by molar-refractivity contribution is 7.25. The maximum atomic E-state index is 13.2. The van der Waals surface area contributed by atoms with Crippen LogP contribution in [0.2, 0.25) is 0 Å². The number of nitrogens with one attached hydrogen (secondary N) is 1. The predicted octanol–water partition coefficient (Wildman–Crippen LogP) is 5.38. The molecule has 3 rings (SSSR count). The van der Waals surface area contributed by atoms with Crippen LogP contribution in [-0.2, 0) is 0 Å². The van der Waals surface area contributed by atoms with Crippen molar-refractivity contribution in [2.75, 3.05) is 38.1 Å². The molecule has 0 spiro atoms. The molecule has 0 atom stereocenters. The van der Waals surface area contributed by atoms with Crippen LogP contribution in [0, 0.1) is 0 Å². The Hall–Kier alpha value is -1.82. The Kier molecular flexibility index (Phi) is 8.55. The lowest BCUT2D eigenvalue weighted by Crippen LogP contribution is -2.28. The Bertz CT molecular complexity index is 970. The van der Waals surface area contributed by atoms with Crippen molar-refractivity contribution >= 4 is 49.6 Å². The molecule has 0 aliphatic carbocycles. The van der Waals surface area contributed by atoms with Crippen molar-refractivity contribution in [3.8, 4) is 5.75 Å². The molecule has 1 N–H and O–H groups in total. The topological polar surface area (TPSA) is 41.6 Å². The molecule has 4 nitrogen and oxygen atoms in total. The molecular weight excluding hydrogens is 392 g/mol. The largest absolute Gasteiger partial charge is 0.492 e. The van der Waals surface area contributed by atoms with Crippen molar-refractivity contribution in [1.82, 2.24) is 4.90 Å². The minimum absolute atomic E-state index is 0. The van der Waals surface area contributed by atoms with Gasteiger partial charge in [0.15, 0.2) is 5.43 Å². The summed E-state index contributed by atoms with van der Waals surface area (Å²) < 4.78 is 7.87. The van der Waals surface area contributed by atoms with Crippen LogP contribution in [-0.4, -0.2) is 37.7 Å². The lowest BCUT2D eigenvalue weighted by molar-refractivity contribution is 0.316. The molecule has 0 saturated heterocycles. The van der Waals surface area contributed by atoms with Gasteiger partial charge in [-0.05, 0) is 43.8 Å². The third-order valence-electron chi connectivity index (χ3n) is 4.79.